The van der Waals surface area contributed by atoms with Gasteiger partial charge in [-0.2, -0.15) is 10.1 Å². The molecule has 66 heavy (non-hydrogen) atoms. The zero-order valence-electron chi connectivity index (χ0n) is 36.8. The predicted octanol–water partition coefficient (Wildman–Crippen LogP) is 11.2. The number of rotatable bonds is 16. The van der Waals surface area contributed by atoms with Gasteiger partial charge in [0, 0.05) is 33.5 Å². The van der Waals surface area contributed by atoms with Crippen LogP contribution in [0.2, 0.25) is 10.0 Å². The van der Waals surface area contributed by atoms with Crippen LogP contribution >= 0.6 is 23.2 Å². The van der Waals surface area contributed by atoms with E-state index in [4.69, 9.17) is 42.4 Å². The molecule has 0 saturated carbocycles. The topological polar surface area (TPSA) is 142 Å². The van der Waals surface area contributed by atoms with Crippen LogP contribution in [0.25, 0.3) is 0 Å². The average molecular weight is 934 g/mol. The molecule has 6 aromatic carbocycles. The maximum absolute atomic E-state index is 13.9. The van der Waals surface area contributed by atoms with E-state index in [1.807, 2.05) is 123 Å². The third-order valence-corrected chi connectivity index (χ3v) is 10.6. The first-order chi connectivity index (χ1) is 31.8. The molecule has 0 spiro atoms. The summed E-state index contributed by atoms with van der Waals surface area (Å²) in [6, 6.07) is 43.8. The molecule has 0 bridgehead atoms. The Morgan fingerprint density at radius 3 is 1.09 bits per heavy atom. The van der Waals surface area contributed by atoms with Crippen LogP contribution < -0.4 is 20.1 Å². The summed E-state index contributed by atoms with van der Waals surface area (Å²) in [4.78, 5) is 70.0. The Morgan fingerprint density at radius 2 is 0.773 bits per heavy atom. The predicted molar refractivity (Wildman–Crippen MR) is 255 cm³/mol. The zero-order valence-corrected chi connectivity index (χ0v) is 38.3. The van der Waals surface area contributed by atoms with Crippen molar-refractivity contribution in [3.63, 3.8) is 0 Å². The smallest absolute Gasteiger partial charge is 0.444 e. The Kier molecular flexibility index (Phi) is 17.4. The van der Waals surface area contributed by atoms with Crippen LogP contribution in [0.15, 0.2) is 158 Å². The molecule has 4 amide bonds. The third-order valence-electron chi connectivity index (χ3n) is 10.1. The second kappa shape index (κ2) is 23.7. The Balaban J connectivity index is 1.19. The summed E-state index contributed by atoms with van der Waals surface area (Å²) < 4.78 is 11.7. The molecule has 0 aliphatic rings. The van der Waals surface area contributed by atoms with E-state index in [2.05, 4.69) is 10.6 Å². The molecule has 342 valence electrons. The highest BCUT2D eigenvalue weighted by atomic mass is 35.5. The van der Waals surface area contributed by atoms with Crippen molar-refractivity contribution in [2.45, 2.75) is 24.9 Å². The molecular weight excluding hydrogens is 883 g/mol. The molecule has 16 heteroatoms. The quantitative estimate of drug-likeness (QED) is 0.0711. The summed E-state index contributed by atoms with van der Waals surface area (Å²) in [5.74, 6) is -0.786. The van der Waals surface area contributed by atoms with Gasteiger partial charge in [0.15, 0.2) is 0 Å². The molecule has 0 saturated heterocycles. The lowest BCUT2D eigenvalue weighted by molar-refractivity contribution is -0.203. The molecule has 0 fully saturated rings. The first-order valence-electron chi connectivity index (χ1n) is 20.9. The van der Waals surface area contributed by atoms with Crippen molar-refractivity contribution in [1.29, 1.82) is 0 Å². The summed E-state index contributed by atoms with van der Waals surface area (Å²) >= 11 is 12.3. The summed E-state index contributed by atoms with van der Waals surface area (Å²) in [7, 11) is 7.47. The van der Waals surface area contributed by atoms with E-state index in [1.165, 1.54) is 0 Å². The van der Waals surface area contributed by atoms with Crippen LogP contribution in [0.1, 0.15) is 36.1 Å². The van der Waals surface area contributed by atoms with E-state index in [0.29, 0.717) is 44.4 Å². The number of carbonyl (C=O) groups is 4. The van der Waals surface area contributed by atoms with Gasteiger partial charge in [0.1, 0.15) is 23.0 Å². The van der Waals surface area contributed by atoms with Gasteiger partial charge in [0.05, 0.1) is 13.1 Å². The number of nitrogens with one attached hydrogen (secondary N) is 2. The lowest BCUT2D eigenvalue weighted by Crippen LogP contribution is -2.44. The number of anilines is 2. The summed E-state index contributed by atoms with van der Waals surface area (Å²) in [6.07, 6.45) is 0.517. The molecule has 2 unspecified atom stereocenters. The number of urea groups is 2. The summed E-state index contributed by atoms with van der Waals surface area (Å²) in [6.45, 7) is -0.323. The molecule has 6 aromatic rings. The van der Waals surface area contributed by atoms with E-state index >= 15 is 0 Å². The monoisotopic (exact) mass is 932 g/mol. The molecule has 0 heterocycles. The van der Waals surface area contributed by atoms with Crippen LogP contribution in [-0.2, 0) is 19.3 Å². The van der Waals surface area contributed by atoms with Gasteiger partial charge in [0.2, 0.25) is 0 Å². The van der Waals surface area contributed by atoms with Crippen LogP contribution in [0.5, 0.6) is 23.0 Å². The SMILES string of the molecule is CN(C)C(CCN(OC(=O)C(=O)ON(CCC(c1ccc(Cl)cc1)N(C)C)C(=O)Nc1ccc(Oc2ccccc2)cc1)C(=O)Nc1ccc(Oc2ccccc2)cc1)c1ccc(Cl)cc1. The maximum Gasteiger partial charge on any atom is 0.444 e. The lowest BCUT2D eigenvalue weighted by atomic mass is 10.0. The van der Waals surface area contributed by atoms with Gasteiger partial charge in [-0.25, -0.2) is 19.2 Å². The number of hydroxylamine groups is 4. The highest BCUT2D eigenvalue weighted by molar-refractivity contribution is 6.31. The highest BCUT2D eigenvalue weighted by Gasteiger charge is 2.31. The number of para-hydroxylation sites is 2. The highest BCUT2D eigenvalue weighted by Crippen LogP contribution is 2.28. The Morgan fingerprint density at radius 1 is 0.455 bits per heavy atom. The average Bonchev–Trinajstić information content (AvgIpc) is 3.31. The molecule has 2 N–H and O–H groups in total. The van der Waals surface area contributed by atoms with Crippen molar-refractivity contribution in [3.05, 3.63) is 179 Å². The number of halogens is 2. The first kappa shape index (κ1) is 48.4. The van der Waals surface area contributed by atoms with E-state index in [0.717, 1.165) is 21.3 Å². The van der Waals surface area contributed by atoms with E-state index in [1.54, 1.807) is 72.8 Å². The second-order valence-electron chi connectivity index (χ2n) is 15.3. The number of nitrogens with zero attached hydrogens (tertiary/aromatic N) is 4. The first-order valence-corrected chi connectivity index (χ1v) is 21.7. The van der Waals surface area contributed by atoms with Gasteiger partial charge in [-0.3, -0.25) is 0 Å². The minimum atomic E-state index is -1.55. The van der Waals surface area contributed by atoms with Crippen molar-refractivity contribution in [2.24, 2.45) is 0 Å². The Hall–Kier alpha value is -7.10. The Bertz CT molecular complexity index is 2320. The largest absolute Gasteiger partial charge is 0.457 e. The minimum absolute atomic E-state index is 0.161. The molecule has 2 atom stereocenters. The fourth-order valence-corrected chi connectivity index (χ4v) is 7.03. The molecule has 0 aliphatic carbocycles. The number of carbonyl (C=O) groups excluding carboxylic acids is 4. The third kappa shape index (κ3) is 14.5. The van der Waals surface area contributed by atoms with Gasteiger partial charge in [-0.05, 0) is 149 Å². The number of hydrogen-bond acceptors (Lipinski definition) is 10. The number of hydrogen-bond donors (Lipinski definition) is 2. The lowest BCUT2D eigenvalue weighted by Gasteiger charge is -2.29. The fraction of sp³-hybridized carbons (Fsp3) is 0.200. The van der Waals surface area contributed by atoms with E-state index < -0.39 is 24.0 Å². The minimum Gasteiger partial charge on any atom is -0.457 e. The van der Waals surface area contributed by atoms with Crippen molar-refractivity contribution < 1.29 is 38.3 Å². The normalized spacial score (nSPS) is 11.8. The molecule has 0 aliphatic heterocycles. The Labute approximate surface area is 394 Å². The maximum atomic E-state index is 13.9. The molecule has 0 aromatic heterocycles. The van der Waals surface area contributed by atoms with Gasteiger partial charge < -0.3 is 39.6 Å². The standard InChI is InChI=1S/C50H50Cl2N6O8/c1-55(2)45(35-15-19-37(51)20-16-35)31-33-57(49(61)53-39-23-27-43(28-24-39)63-41-11-7-5-8-12-41)65-47(59)48(60)66-58(34-32-46(56(3)4)36-17-21-38(52)22-18-36)50(62)54-40-25-29-44(30-26-40)64-42-13-9-6-10-14-42/h5-30,45-46H,31-34H2,1-4H3,(H,53,61)(H,54,62). The van der Waals surface area contributed by atoms with Crippen molar-refractivity contribution in [3.8, 4) is 23.0 Å². The zero-order chi connectivity index (χ0) is 47.0. The molecule has 0 radical (unpaired) electrons. The molecular formula is C50H50Cl2N6O8. The molecule has 6 rings (SSSR count). The fourth-order valence-electron chi connectivity index (χ4n) is 6.78. The van der Waals surface area contributed by atoms with Crippen LogP contribution in [-0.4, -0.2) is 85.2 Å². The van der Waals surface area contributed by atoms with Crippen LogP contribution in [0.4, 0.5) is 21.0 Å². The van der Waals surface area contributed by atoms with Gasteiger partial charge >= 0.3 is 24.0 Å². The van der Waals surface area contributed by atoms with Crippen molar-refractivity contribution in [1.82, 2.24) is 19.9 Å². The summed E-state index contributed by atoms with van der Waals surface area (Å²) in [5, 5.41) is 8.04. The van der Waals surface area contributed by atoms with Crippen molar-refractivity contribution >= 4 is 58.6 Å². The van der Waals surface area contributed by atoms with Crippen LogP contribution in [0.3, 0.4) is 0 Å². The second-order valence-corrected chi connectivity index (χ2v) is 16.2. The number of benzene rings is 6. The van der Waals surface area contributed by atoms with Crippen molar-refractivity contribution in [2.75, 3.05) is 51.9 Å². The van der Waals surface area contributed by atoms with E-state index in [9.17, 15) is 19.2 Å². The van der Waals surface area contributed by atoms with Gasteiger partial charge in [-0.1, -0.05) is 83.9 Å². The van der Waals surface area contributed by atoms with E-state index in [-0.39, 0.29) is 38.0 Å². The summed E-state index contributed by atoms with van der Waals surface area (Å²) in [5.41, 5.74) is 2.48. The molecule has 14 nitrogen and oxygen atoms in total. The van der Waals surface area contributed by atoms with Crippen LogP contribution in [0, 0.1) is 0 Å². The van der Waals surface area contributed by atoms with Gasteiger partial charge in [-0.15, -0.1) is 0 Å². The van der Waals surface area contributed by atoms with Gasteiger partial charge in [0.25, 0.3) is 0 Å². The number of amides is 4. The number of ether oxygens (including phenoxy) is 2.